The van der Waals surface area contributed by atoms with Crippen LogP contribution in [-0.2, 0) is 10.0 Å². The minimum atomic E-state index is -3.72. The van der Waals surface area contributed by atoms with Gasteiger partial charge in [0.25, 0.3) is 10.0 Å². The third-order valence-electron chi connectivity index (χ3n) is 2.43. The lowest BCUT2D eigenvalue weighted by Crippen LogP contribution is -2.30. The maximum absolute atomic E-state index is 11.9. The molecule has 16 heavy (non-hydrogen) atoms. The molecule has 1 aliphatic rings. The maximum atomic E-state index is 11.9. The molecule has 1 heterocycles. The fraction of sp³-hybridized carbons (Fsp3) is 0.100. The fourth-order valence-electron chi connectivity index (χ4n) is 1.55. The van der Waals surface area contributed by atoms with Crippen LogP contribution in [0.3, 0.4) is 0 Å². The van der Waals surface area contributed by atoms with Crippen LogP contribution in [0.2, 0.25) is 0 Å². The lowest BCUT2D eigenvalue weighted by molar-refractivity contribution is 0.469. The molecule has 0 saturated carbocycles. The number of allylic oxidation sites excluding steroid dienone is 1. The molecule has 0 aliphatic carbocycles. The van der Waals surface area contributed by atoms with Crippen LogP contribution in [0.4, 0.5) is 0 Å². The van der Waals surface area contributed by atoms with E-state index in [4.69, 9.17) is 5.26 Å². The van der Waals surface area contributed by atoms with Gasteiger partial charge in [0.15, 0.2) is 11.5 Å². The summed E-state index contributed by atoms with van der Waals surface area (Å²) in [5.74, 6) is -0.310. The van der Waals surface area contributed by atoms with E-state index in [1.807, 2.05) is 0 Å². The van der Waals surface area contributed by atoms with Crippen molar-refractivity contribution in [3.05, 3.63) is 35.5 Å². The van der Waals surface area contributed by atoms with Crippen molar-refractivity contribution in [2.24, 2.45) is 0 Å². The summed E-state index contributed by atoms with van der Waals surface area (Å²) >= 11 is 0. The van der Waals surface area contributed by atoms with Gasteiger partial charge in [-0.2, -0.15) is 5.26 Å². The van der Waals surface area contributed by atoms with E-state index in [0.717, 1.165) is 4.31 Å². The van der Waals surface area contributed by atoms with E-state index in [1.54, 1.807) is 18.2 Å². The lowest BCUT2D eigenvalue weighted by atomic mass is 10.1. The predicted octanol–water partition coefficient (Wildman–Crippen LogP) is 1.07. The number of rotatable bonds is 0. The number of benzene rings is 1. The first-order valence-corrected chi connectivity index (χ1v) is 5.86. The van der Waals surface area contributed by atoms with Crippen LogP contribution >= 0.6 is 0 Å². The van der Waals surface area contributed by atoms with E-state index in [2.05, 4.69) is 0 Å². The molecule has 0 unspecified atom stereocenters. The van der Waals surface area contributed by atoms with Crippen molar-refractivity contribution in [2.45, 2.75) is 4.90 Å². The first kappa shape index (κ1) is 10.5. The van der Waals surface area contributed by atoms with E-state index in [-0.39, 0.29) is 21.9 Å². The zero-order chi connectivity index (χ0) is 11.9. The summed E-state index contributed by atoms with van der Waals surface area (Å²) in [7, 11) is -2.49. The Morgan fingerprint density at radius 3 is 2.62 bits per heavy atom. The van der Waals surface area contributed by atoms with Crippen LogP contribution < -0.4 is 0 Å². The molecule has 1 aromatic rings. The SMILES string of the molecule is CN1C(C#N)=C(O)c2ccccc2S1(=O)=O. The van der Waals surface area contributed by atoms with Gasteiger partial charge in [-0.15, -0.1) is 0 Å². The monoisotopic (exact) mass is 236 g/mol. The van der Waals surface area contributed by atoms with Gasteiger partial charge in [-0.05, 0) is 12.1 Å². The second-order valence-electron chi connectivity index (χ2n) is 3.28. The number of hydrogen-bond donors (Lipinski definition) is 1. The van der Waals surface area contributed by atoms with Gasteiger partial charge in [0.2, 0.25) is 0 Å². The molecule has 82 valence electrons. The van der Waals surface area contributed by atoms with E-state index < -0.39 is 10.0 Å². The maximum Gasteiger partial charge on any atom is 0.265 e. The summed E-state index contributed by atoms with van der Waals surface area (Å²) < 4.78 is 24.7. The Balaban J connectivity index is 2.89. The lowest BCUT2D eigenvalue weighted by Gasteiger charge is -2.25. The number of fused-ring (bicyclic) bond motifs is 1. The molecule has 0 atom stereocenters. The smallest absolute Gasteiger partial charge is 0.265 e. The zero-order valence-electron chi connectivity index (χ0n) is 8.38. The number of sulfonamides is 1. The van der Waals surface area contributed by atoms with Crippen molar-refractivity contribution >= 4 is 15.8 Å². The molecule has 0 saturated heterocycles. The molecule has 0 spiro atoms. The first-order valence-electron chi connectivity index (χ1n) is 4.42. The molecule has 2 rings (SSSR count). The molecule has 0 radical (unpaired) electrons. The van der Waals surface area contributed by atoms with Crippen molar-refractivity contribution in [2.75, 3.05) is 7.05 Å². The molecule has 0 fully saturated rings. The summed E-state index contributed by atoms with van der Waals surface area (Å²) in [6, 6.07) is 7.70. The minimum Gasteiger partial charge on any atom is -0.504 e. The molecule has 1 aliphatic heterocycles. The summed E-state index contributed by atoms with van der Waals surface area (Å²) in [5.41, 5.74) is -0.101. The van der Waals surface area contributed by atoms with Crippen LogP contribution in [0.1, 0.15) is 5.56 Å². The summed E-state index contributed by atoms with van der Waals surface area (Å²) in [4.78, 5) is 0.00833. The van der Waals surface area contributed by atoms with Gasteiger partial charge in [0.1, 0.15) is 6.07 Å². The topological polar surface area (TPSA) is 81.4 Å². The van der Waals surface area contributed by atoms with E-state index in [1.165, 1.54) is 19.2 Å². The third-order valence-corrected chi connectivity index (χ3v) is 4.24. The van der Waals surface area contributed by atoms with Gasteiger partial charge in [-0.3, -0.25) is 4.31 Å². The van der Waals surface area contributed by atoms with Crippen molar-refractivity contribution in [3.63, 3.8) is 0 Å². The molecule has 0 aromatic heterocycles. The highest BCUT2D eigenvalue weighted by Gasteiger charge is 2.34. The second kappa shape index (κ2) is 3.25. The van der Waals surface area contributed by atoms with Gasteiger partial charge < -0.3 is 5.11 Å². The van der Waals surface area contributed by atoms with E-state index >= 15 is 0 Å². The highest BCUT2D eigenvalue weighted by Crippen LogP contribution is 2.33. The first-order chi connectivity index (χ1) is 7.50. The standard InChI is InChI=1S/C10H8N2O3S/c1-12-8(6-11)10(13)7-4-2-3-5-9(7)16(12,14)15/h2-5,13H,1H3. The summed E-state index contributed by atoms with van der Waals surface area (Å²) in [5, 5.41) is 18.6. The Kier molecular flexibility index (Phi) is 2.14. The third kappa shape index (κ3) is 1.19. The van der Waals surface area contributed by atoms with Gasteiger partial charge in [0.05, 0.1) is 4.90 Å². The van der Waals surface area contributed by atoms with Crippen LogP contribution in [0.15, 0.2) is 34.9 Å². The Hall–Kier alpha value is -2.00. The molecule has 1 aromatic carbocycles. The van der Waals surface area contributed by atoms with Gasteiger partial charge in [-0.1, -0.05) is 12.1 Å². The molecule has 0 bridgehead atoms. The molecular weight excluding hydrogens is 228 g/mol. The predicted molar refractivity (Wildman–Crippen MR) is 56.6 cm³/mol. The number of aliphatic hydroxyl groups is 1. The highest BCUT2D eigenvalue weighted by molar-refractivity contribution is 7.89. The van der Waals surface area contributed by atoms with E-state index in [0.29, 0.717) is 0 Å². The Morgan fingerprint density at radius 2 is 2.00 bits per heavy atom. The summed E-state index contributed by atoms with van der Waals surface area (Å²) in [6.07, 6.45) is 0. The van der Waals surface area contributed by atoms with Crippen LogP contribution in [0.25, 0.3) is 5.76 Å². The normalized spacial score (nSPS) is 17.9. The number of aliphatic hydroxyl groups excluding tert-OH is 1. The molecule has 1 N–H and O–H groups in total. The van der Waals surface area contributed by atoms with Crippen LogP contribution in [0, 0.1) is 11.3 Å². The second-order valence-corrected chi connectivity index (χ2v) is 5.22. The Bertz CT molecular complexity index is 626. The van der Waals surface area contributed by atoms with Crippen LogP contribution in [0.5, 0.6) is 0 Å². The average molecular weight is 236 g/mol. The molecule has 5 nitrogen and oxygen atoms in total. The fourth-order valence-corrected chi connectivity index (χ4v) is 2.91. The van der Waals surface area contributed by atoms with Gasteiger partial charge >= 0.3 is 0 Å². The molecule has 6 heteroatoms. The van der Waals surface area contributed by atoms with Crippen molar-refractivity contribution in [1.82, 2.24) is 4.31 Å². The van der Waals surface area contributed by atoms with Crippen LogP contribution in [-0.4, -0.2) is 24.9 Å². The number of nitrogens with zero attached hydrogens (tertiary/aromatic N) is 2. The molecular formula is C10H8N2O3S. The Labute approximate surface area is 92.9 Å². The summed E-state index contributed by atoms with van der Waals surface area (Å²) in [6.45, 7) is 0. The highest BCUT2D eigenvalue weighted by atomic mass is 32.2. The average Bonchev–Trinajstić information content (AvgIpc) is 2.28. The largest absolute Gasteiger partial charge is 0.504 e. The quantitative estimate of drug-likeness (QED) is 0.730. The zero-order valence-corrected chi connectivity index (χ0v) is 9.19. The van der Waals surface area contributed by atoms with Crippen molar-refractivity contribution in [3.8, 4) is 6.07 Å². The van der Waals surface area contributed by atoms with Gasteiger partial charge in [0, 0.05) is 12.6 Å². The Morgan fingerprint density at radius 1 is 1.38 bits per heavy atom. The number of nitriles is 1. The molecule has 0 amide bonds. The van der Waals surface area contributed by atoms with Crippen molar-refractivity contribution in [1.29, 1.82) is 5.26 Å². The van der Waals surface area contributed by atoms with Gasteiger partial charge in [-0.25, -0.2) is 8.42 Å². The van der Waals surface area contributed by atoms with Crippen molar-refractivity contribution < 1.29 is 13.5 Å². The number of hydrogen-bond acceptors (Lipinski definition) is 4. The minimum absolute atomic E-state index is 0.00833. The van der Waals surface area contributed by atoms with E-state index in [9.17, 15) is 13.5 Å².